The number of nitrogens with zero attached hydrogens (tertiary/aromatic N) is 3. The summed E-state index contributed by atoms with van der Waals surface area (Å²) in [5.41, 5.74) is 9.35. The van der Waals surface area contributed by atoms with Crippen molar-refractivity contribution >= 4 is 34.0 Å². The van der Waals surface area contributed by atoms with Crippen molar-refractivity contribution in [1.29, 1.82) is 0 Å². The first-order chi connectivity index (χ1) is 16.6. The van der Waals surface area contributed by atoms with E-state index in [1.807, 2.05) is 61.5 Å². The van der Waals surface area contributed by atoms with Crippen LogP contribution in [0.4, 0.5) is 11.4 Å². The number of imidazole rings is 1. The summed E-state index contributed by atoms with van der Waals surface area (Å²) in [4.78, 5) is 27.0. The van der Waals surface area contributed by atoms with Crippen LogP contribution in [0.25, 0.3) is 17.0 Å². The summed E-state index contributed by atoms with van der Waals surface area (Å²) in [7, 11) is 0. The van der Waals surface area contributed by atoms with Crippen molar-refractivity contribution in [2.24, 2.45) is 4.99 Å². The summed E-state index contributed by atoms with van der Waals surface area (Å²) < 4.78 is 1.52. The lowest BCUT2D eigenvalue weighted by molar-refractivity contribution is 0.283. The molecule has 0 radical (unpaired) electrons. The van der Waals surface area contributed by atoms with Gasteiger partial charge in [0.1, 0.15) is 5.69 Å². The average Bonchev–Trinajstić information content (AvgIpc) is 3.27. The number of benzene rings is 2. The van der Waals surface area contributed by atoms with Crippen molar-refractivity contribution in [2.45, 2.75) is 43.9 Å². The molecular weight excluding hydrogens is 446 g/mol. The summed E-state index contributed by atoms with van der Waals surface area (Å²) in [6.45, 7) is 2.05. The van der Waals surface area contributed by atoms with E-state index in [0.29, 0.717) is 22.8 Å². The molecule has 2 aromatic carbocycles. The first-order valence-electron chi connectivity index (χ1n) is 11.4. The van der Waals surface area contributed by atoms with E-state index in [9.17, 15) is 4.79 Å². The molecule has 176 valence electrons. The molecule has 7 nitrogen and oxygen atoms in total. The van der Waals surface area contributed by atoms with E-state index in [1.165, 1.54) is 16.2 Å². The highest BCUT2D eigenvalue weighted by Gasteiger charge is 2.14. The quantitative estimate of drug-likeness (QED) is 0.0995. The zero-order valence-corrected chi connectivity index (χ0v) is 20.0. The number of nitrogen functional groups attached to an aromatic ring is 1. The number of nitrogens with two attached hydrogens (primary N) is 1. The molecule has 0 saturated heterocycles. The number of hydrogen-bond acceptors (Lipinski definition) is 6. The molecule has 0 unspecified atom stereocenters. The van der Waals surface area contributed by atoms with Gasteiger partial charge in [0.2, 0.25) is 5.78 Å². The number of aliphatic hydroxyl groups is 1. The first-order valence-corrected chi connectivity index (χ1v) is 12.3. The third kappa shape index (κ3) is 5.58. The topological polar surface area (TPSA) is 109 Å². The van der Waals surface area contributed by atoms with Crippen LogP contribution >= 0.6 is 11.8 Å². The number of fused-ring (bicyclic) bond motifs is 1. The number of aromatic amines is 1. The van der Waals surface area contributed by atoms with Crippen LogP contribution in [0.2, 0.25) is 0 Å². The lowest BCUT2D eigenvalue weighted by Gasteiger charge is -2.10. The minimum atomic E-state index is -0.208. The van der Waals surface area contributed by atoms with Crippen LogP contribution < -0.4 is 11.3 Å². The van der Waals surface area contributed by atoms with E-state index in [4.69, 9.17) is 15.8 Å². The van der Waals surface area contributed by atoms with E-state index < -0.39 is 0 Å². The largest absolute Gasteiger partial charge is 0.398 e. The normalized spacial score (nSPS) is 11.9. The van der Waals surface area contributed by atoms with Gasteiger partial charge in [0.25, 0.3) is 5.56 Å². The van der Waals surface area contributed by atoms with Crippen molar-refractivity contribution < 1.29 is 5.11 Å². The highest BCUT2D eigenvalue weighted by atomic mass is 32.2. The Labute approximate surface area is 202 Å². The van der Waals surface area contributed by atoms with Gasteiger partial charge in [0, 0.05) is 34.6 Å². The molecule has 0 amide bonds. The van der Waals surface area contributed by atoms with Gasteiger partial charge in [0.15, 0.2) is 0 Å². The number of unbranched alkanes of at least 4 members (excludes halogenated alkanes) is 3. The number of aryl methyl sites for hydroxylation is 1. The highest BCUT2D eigenvalue weighted by molar-refractivity contribution is 8.14. The van der Waals surface area contributed by atoms with E-state index in [-0.39, 0.29) is 12.2 Å². The molecule has 8 heteroatoms. The van der Waals surface area contributed by atoms with Crippen LogP contribution in [-0.4, -0.2) is 31.1 Å². The molecule has 0 aliphatic rings. The minimum absolute atomic E-state index is 0.208. The Bertz CT molecular complexity index is 1340. The lowest BCUT2D eigenvalue weighted by atomic mass is 10.1. The van der Waals surface area contributed by atoms with Gasteiger partial charge in [-0.3, -0.25) is 4.79 Å². The second-order valence-corrected chi connectivity index (χ2v) is 9.24. The predicted octanol–water partition coefficient (Wildman–Crippen LogP) is 5.35. The van der Waals surface area contributed by atoms with E-state index in [1.54, 1.807) is 6.20 Å². The number of thioether (sulfide) groups is 1. The number of nitrogens with one attached hydrogen (secondary N) is 1. The molecule has 4 rings (SSSR count). The number of hydrogen-bond donors (Lipinski definition) is 3. The standard InChI is InChI=1S/C26H29N5O2S/c1-18-24(25(33)31-17-21(29-26(31)28-18)19-11-5-4-6-12-19)30-23(15-7-2-3-10-16-32)34-22-14-9-8-13-20(22)27/h4-6,8-9,11-14,17,32H,2-3,7,10,15-16,27H2,1H3,(H,28,29). The SMILES string of the molecule is Cc1[nH]c2nc(-c3ccccc3)cn2c(=O)c1N=C(CCCCCCO)Sc1ccccc1N. The fourth-order valence-electron chi connectivity index (χ4n) is 3.70. The van der Waals surface area contributed by atoms with Crippen LogP contribution in [0.5, 0.6) is 0 Å². The molecule has 0 aliphatic heterocycles. The van der Waals surface area contributed by atoms with Crippen LogP contribution in [0, 0.1) is 6.92 Å². The third-order valence-electron chi connectivity index (χ3n) is 5.53. The number of aliphatic hydroxyl groups excluding tert-OH is 1. The summed E-state index contributed by atoms with van der Waals surface area (Å²) in [6.07, 6.45) is 6.14. The lowest BCUT2D eigenvalue weighted by Crippen LogP contribution is -2.15. The Morgan fingerprint density at radius 3 is 2.59 bits per heavy atom. The number of rotatable bonds is 9. The maximum absolute atomic E-state index is 13.4. The number of aliphatic imine (C=N–C) groups is 1. The van der Waals surface area contributed by atoms with E-state index >= 15 is 0 Å². The first kappa shape index (κ1) is 23.8. The molecule has 0 saturated carbocycles. The van der Waals surface area contributed by atoms with Gasteiger partial charge in [-0.25, -0.2) is 14.4 Å². The molecule has 0 bridgehead atoms. The molecule has 4 N–H and O–H groups in total. The molecule has 2 heterocycles. The van der Waals surface area contributed by atoms with E-state index in [2.05, 4.69) is 9.97 Å². The molecule has 0 aliphatic carbocycles. The van der Waals surface area contributed by atoms with Gasteiger partial charge >= 0.3 is 0 Å². The van der Waals surface area contributed by atoms with Crippen LogP contribution in [0.15, 0.2) is 75.5 Å². The highest BCUT2D eigenvalue weighted by Crippen LogP contribution is 2.30. The maximum Gasteiger partial charge on any atom is 0.285 e. The summed E-state index contributed by atoms with van der Waals surface area (Å²) in [6, 6.07) is 17.4. The van der Waals surface area contributed by atoms with Crippen molar-refractivity contribution in [2.75, 3.05) is 12.3 Å². The Hall–Kier alpha value is -3.36. The number of H-pyrrole nitrogens is 1. The number of anilines is 1. The monoisotopic (exact) mass is 475 g/mol. The summed E-state index contributed by atoms with van der Waals surface area (Å²) in [5.74, 6) is 0.491. The Kier molecular flexibility index (Phi) is 7.82. The second kappa shape index (κ2) is 11.2. The van der Waals surface area contributed by atoms with Crippen molar-refractivity contribution in [3.05, 3.63) is 76.8 Å². The van der Waals surface area contributed by atoms with Gasteiger partial charge in [-0.1, -0.05) is 67.1 Å². The van der Waals surface area contributed by atoms with Gasteiger partial charge in [-0.05, 0) is 38.3 Å². The second-order valence-electron chi connectivity index (χ2n) is 8.12. The number of aromatic nitrogens is 3. The third-order valence-corrected chi connectivity index (χ3v) is 6.66. The van der Waals surface area contributed by atoms with Crippen LogP contribution in [0.1, 0.15) is 37.8 Å². The Morgan fingerprint density at radius 2 is 1.82 bits per heavy atom. The zero-order valence-electron chi connectivity index (χ0n) is 19.2. The van der Waals surface area contributed by atoms with Gasteiger partial charge < -0.3 is 15.8 Å². The van der Waals surface area contributed by atoms with Gasteiger partial charge in [-0.2, -0.15) is 0 Å². The Morgan fingerprint density at radius 1 is 1.09 bits per heavy atom. The van der Waals surface area contributed by atoms with Gasteiger partial charge in [-0.15, -0.1) is 0 Å². The molecule has 34 heavy (non-hydrogen) atoms. The van der Waals surface area contributed by atoms with Crippen LogP contribution in [0.3, 0.4) is 0 Å². The maximum atomic E-state index is 13.4. The average molecular weight is 476 g/mol. The number of para-hydroxylation sites is 1. The molecule has 4 aromatic rings. The van der Waals surface area contributed by atoms with Crippen molar-refractivity contribution in [3.63, 3.8) is 0 Å². The fraction of sp³-hybridized carbons (Fsp3) is 0.269. The predicted molar refractivity (Wildman–Crippen MR) is 140 cm³/mol. The Balaban J connectivity index is 1.69. The molecule has 0 atom stereocenters. The van der Waals surface area contributed by atoms with Crippen LogP contribution in [-0.2, 0) is 0 Å². The summed E-state index contributed by atoms with van der Waals surface area (Å²) >= 11 is 1.50. The zero-order chi connectivity index (χ0) is 23.9. The minimum Gasteiger partial charge on any atom is -0.398 e. The van der Waals surface area contributed by atoms with Crippen molar-refractivity contribution in [1.82, 2.24) is 14.4 Å². The molecule has 0 fully saturated rings. The van der Waals surface area contributed by atoms with E-state index in [0.717, 1.165) is 53.3 Å². The van der Waals surface area contributed by atoms with Gasteiger partial charge in [0.05, 0.1) is 10.7 Å². The molecule has 2 aromatic heterocycles. The molecule has 0 spiro atoms. The fourth-order valence-corrected chi connectivity index (χ4v) is 4.67. The summed E-state index contributed by atoms with van der Waals surface area (Å²) in [5, 5.41) is 9.86. The molecular formula is C26H29N5O2S. The van der Waals surface area contributed by atoms with Crippen molar-refractivity contribution in [3.8, 4) is 11.3 Å². The smallest absolute Gasteiger partial charge is 0.285 e.